The van der Waals surface area contributed by atoms with E-state index in [0.717, 1.165) is 15.7 Å². The molecule has 0 aliphatic heterocycles. The van der Waals surface area contributed by atoms with Crippen LogP contribution in [0, 0.1) is 0 Å². The summed E-state index contributed by atoms with van der Waals surface area (Å²) in [6.45, 7) is 0. The van der Waals surface area contributed by atoms with Crippen LogP contribution in [0.5, 0.6) is 0 Å². The van der Waals surface area contributed by atoms with Crippen LogP contribution >= 0.6 is 27.3 Å². The van der Waals surface area contributed by atoms with Gasteiger partial charge in [0.25, 0.3) is 0 Å². The third-order valence-corrected chi connectivity index (χ3v) is 2.88. The van der Waals surface area contributed by atoms with Gasteiger partial charge in [0.15, 0.2) is 5.13 Å². The number of aromatic nitrogens is 2. The molecule has 5 heteroatoms. The highest BCUT2D eigenvalue weighted by Crippen LogP contribution is 2.28. The van der Waals surface area contributed by atoms with Gasteiger partial charge < -0.3 is 5.73 Å². The molecule has 0 spiro atoms. The van der Waals surface area contributed by atoms with Crippen molar-refractivity contribution in [1.82, 2.24) is 9.97 Å². The SMILES string of the molecule is Nc1nc(-c2ccncc2Br)cs1. The zero-order valence-corrected chi connectivity index (χ0v) is 8.97. The molecule has 2 rings (SSSR count). The highest BCUT2D eigenvalue weighted by Gasteiger charge is 2.05. The van der Waals surface area contributed by atoms with Crippen LogP contribution in [0.3, 0.4) is 0 Å². The van der Waals surface area contributed by atoms with Crippen molar-refractivity contribution in [3.8, 4) is 11.3 Å². The van der Waals surface area contributed by atoms with E-state index < -0.39 is 0 Å². The van der Waals surface area contributed by atoms with Crippen LogP contribution in [-0.2, 0) is 0 Å². The molecule has 0 atom stereocenters. The van der Waals surface area contributed by atoms with E-state index in [4.69, 9.17) is 5.73 Å². The number of rotatable bonds is 1. The van der Waals surface area contributed by atoms with Gasteiger partial charge in [-0.25, -0.2) is 4.98 Å². The largest absolute Gasteiger partial charge is 0.375 e. The third kappa shape index (κ3) is 1.71. The fourth-order valence-corrected chi connectivity index (χ4v) is 2.01. The van der Waals surface area contributed by atoms with Crippen molar-refractivity contribution in [3.05, 3.63) is 28.3 Å². The van der Waals surface area contributed by atoms with E-state index in [1.807, 2.05) is 11.4 Å². The summed E-state index contributed by atoms with van der Waals surface area (Å²) < 4.78 is 0.931. The minimum Gasteiger partial charge on any atom is -0.375 e. The van der Waals surface area contributed by atoms with E-state index >= 15 is 0 Å². The number of hydrogen-bond acceptors (Lipinski definition) is 4. The maximum Gasteiger partial charge on any atom is 0.180 e. The quantitative estimate of drug-likeness (QED) is 0.853. The first kappa shape index (κ1) is 8.65. The van der Waals surface area contributed by atoms with Gasteiger partial charge in [-0.15, -0.1) is 11.3 Å². The number of hydrogen-bond donors (Lipinski definition) is 1. The van der Waals surface area contributed by atoms with Crippen LogP contribution in [-0.4, -0.2) is 9.97 Å². The van der Waals surface area contributed by atoms with E-state index in [1.165, 1.54) is 11.3 Å². The molecule has 2 N–H and O–H groups in total. The lowest BCUT2D eigenvalue weighted by atomic mass is 10.2. The minimum absolute atomic E-state index is 0.582. The number of nitrogens with zero attached hydrogens (tertiary/aromatic N) is 2. The number of nitrogen functional groups attached to an aromatic ring is 1. The molecule has 2 heterocycles. The van der Waals surface area contributed by atoms with Crippen molar-refractivity contribution < 1.29 is 0 Å². The van der Waals surface area contributed by atoms with Crippen molar-refractivity contribution >= 4 is 32.4 Å². The zero-order valence-electron chi connectivity index (χ0n) is 6.57. The Kier molecular flexibility index (Phi) is 2.28. The van der Waals surface area contributed by atoms with Gasteiger partial charge in [-0.2, -0.15) is 0 Å². The van der Waals surface area contributed by atoms with Gasteiger partial charge in [-0.05, 0) is 22.0 Å². The van der Waals surface area contributed by atoms with Gasteiger partial charge in [0, 0.05) is 27.8 Å². The van der Waals surface area contributed by atoms with Gasteiger partial charge in [0.2, 0.25) is 0 Å². The average Bonchev–Trinajstić information content (AvgIpc) is 2.53. The summed E-state index contributed by atoms with van der Waals surface area (Å²) in [5.74, 6) is 0. The molecule has 0 radical (unpaired) electrons. The van der Waals surface area contributed by atoms with Gasteiger partial charge in [0.1, 0.15) is 0 Å². The first-order chi connectivity index (χ1) is 6.27. The van der Waals surface area contributed by atoms with Crippen molar-refractivity contribution in [2.45, 2.75) is 0 Å². The van der Waals surface area contributed by atoms with E-state index in [0.29, 0.717) is 5.13 Å². The lowest BCUT2D eigenvalue weighted by Crippen LogP contribution is -1.84. The summed E-state index contributed by atoms with van der Waals surface area (Å²) in [4.78, 5) is 8.16. The Morgan fingerprint density at radius 3 is 2.92 bits per heavy atom. The normalized spacial score (nSPS) is 10.2. The van der Waals surface area contributed by atoms with E-state index in [-0.39, 0.29) is 0 Å². The molecular weight excluding hydrogens is 250 g/mol. The second-order valence-electron chi connectivity index (χ2n) is 2.43. The van der Waals surface area contributed by atoms with Crippen LogP contribution in [0.2, 0.25) is 0 Å². The van der Waals surface area contributed by atoms with E-state index in [1.54, 1.807) is 12.4 Å². The predicted molar refractivity (Wildman–Crippen MR) is 57.5 cm³/mol. The number of anilines is 1. The second kappa shape index (κ2) is 3.43. The molecule has 0 saturated heterocycles. The molecule has 0 aliphatic rings. The number of nitrogens with two attached hydrogens (primary N) is 1. The smallest absolute Gasteiger partial charge is 0.180 e. The maximum atomic E-state index is 5.54. The fourth-order valence-electron chi connectivity index (χ4n) is 0.994. The minimum atomic E-state index is 0.582. The molecule has 0 aromatic carbocycles. The molecule has 0 saturated carbocycles. The first-order valence-electron chi connectivity index (χ1n) is 3.58. The number of pyridine rings is 1. The van der Waals surface area contributed by atoms with Crippen molar-refractivity contribution in [2.75, 3.05) is 5.73 Å². The average molecular weight is 256 g/mol. The van der Waals surface area contributed by atoms with Crippen LogP contribution in [0.15, 0.2) is 28.3 Å². The van der Waals surface area contributed by atoms with Gasteiger partial charge in [0.05, 0.1) is 5.69 Å². The fraction of sp³-hybridized carbons (Fsp3) is 0. The van der Waals surface area contributed by atoms with Crippen LogP contribution in [0.4, 0.5) is 5.13 Å². The summed E-state index contributed by atoms with van der Waals surface area (Å²) in [5.41, 5.74) is 7.45. The molecule has 2 aromatic heterocycles. The topological polar surface area (TPSA) is 51.8 Å². The molecular formula is C8H6BrN3S. The maximum absolute atomic E-state index is 5.54. The van der Waals surface area contributed by atoms with E-state index in [2.05, 4.69) is 25.9 Å². The Morgan fingerprint density at radius 2 is 2.31 bits per heavy atom. The predicted octanol–water partition coefficient (Wildman–Crippen LogP) is 2.55. The lowest BCUT2D eigenvalue weighted by molar-refractivity contribution is 1.29. The standard InChI is InChI=1S/C8H6BrN3S/c9-6-3-11-2-1-5(6)7-4-13-8(10)12-7/h1-4H,(H2,10,12). The molecule has 0 aliphatic carbocycles. The van der Waals surface area contributed by atoms with Crippen LogP contribution in [0.25, 0.3) is 11.3 Å². The van der Waals surface area contributed by atoms with E-state index in [9.17, 15) is 0 Å². The van der Waals surface area contributed by atoms with Crippen LogP contribution < -0.4 is 5.73 Å². The molecule has 0 fully saturated rings. The highest BCUT2D eigenvalue weighted by atomic mass is 79.9. The van der Waals surface area contributed by atoms with Gasteiger partial charge >= 0.3 is 0 Å². The van der Waals surface area contributed by atoms with Gasteiger partial charge in [-0.3, -0.25) is 4.98 Å². The molecule has 0 bridgehead atoms. The third-order valence-electron chi connectivity index (χ3n) is 1.57. The second-order valence-corrected chi connectivity index (χ2v) is 4.17. The zero-order chi connectivity index (χ0) is 9.26. The highest BCUT2D eigenvalue weighted by molar-refractivity contribution is 9.10. The van der Waals surface area contributed by atoms with Crippen LogP contribution in [0.1, 0.15) is 0 Å². The molecule has 66 valence electrons. The Labute approximate surface area is 87.8 Å². The summed E-state index contributed by atoms with van der Waals surface area (Å²) >= 11 is 4.84. The Morgan fingerprint density at radius 1 is 1.46 bits per heavy atom. The van der Waals surface area contributed by atoms with Gasteiger partial charge in [-0.1, -0.05) is 0 Å². The summed E-state index contributed by atoms with van der Waals surface area (Å²) in [6.07, 6.45) is 3.47. The lowest BCUT2D eigenvalue weighted by Gasteiger charge is -1.97. The van der Waals surface area contributed by atoms with Crippen molar-refractivity contribution in [3.63, 3.8) is 0 Å². The first-order valence-corrected chi connectivity index (χ1v) is 5.25. The molecule has 13 heavy (non-hydrogen) atoms. The van der Waals surface area contributed by atoms with Crippen molar-refractivity contribution in [2.24, 2.45) is 0 Å². The Bertz CT molecular complexity index is 427. The monoisotopic (exact) mass is 255 g/mol. The number of thiazole rings is 1. The summed E-state index contributed by atoms with van der Waals surface area (Å²) in [5, 5.41) is 2.51. The molecule has 0 amide bonds. The molecule has 3 nitrogen and oxygen atoms in total. The molecule has 0 unspecified atom stereocenters. The summed E-state index contributed by atoms with van der Waals surface area (Å²) in [7, 11) is 0. The van der Waals surface area contributed by atoms with Crippen molar-refractivity contribution in [1.29, 1.82) is 0 Å². The number of halogens is 1. The molecule has 2 aromatic rings. The Hall–Kier alpha value is -0.940. The summed E-state index contributed by atoms with van der Waals surface area (Å²) in [6, 6.07) is 1.90. The Balaban J connectivity index is 2.52.